The van der Waals surface area contributed by atoms with Crippen molar-refractivity contribution in [1.82, 2.24) is 5.32 Å². The van der Waals surface area contributed by atoms with E-state index >= 15 is 0 Å². The van der Waals surface area contributed by atoms with Gasteiger partial charge < -0.3 is 28.8 Å². The lowest BCUT2D eigenvalue weighted by atomic mass is 10.1. The fourth-order valence-corrected chi connectivity index (χ4v) is 4.76. The Balaban J connectivity index is 4.29. The Bertz CT molecular complexity index is 723. The highest BCUT2D eigenvalue weighted by molar-refractivity contribution is 7.45. The van der Waals surface area contributed by atoms with Gasteiger partial charge in [-0.3, -0.25) is 9.36 Å². The SMILES string of the molecule is CCC/C=C/C(O)C(COP(=O)([O-])OCC[N+](C)(C)C)NC(=O)CCCCCCC/C=C\CCCCCCCC. The number of hydrogen-bond acceptors (Lipinski definition) is 6. The number of quaternary nitrogens is 1. The summed E-state index contributed by atoms with van der Waals surface area (Å²) in [5.41, 5.74) is 0. The second-order valence-electron chi connectivity index (χ2n) is 11.8. The summed E-state index contributed by atoms with van der Waals surface area (Å²) in [6.07, 6.45) is 24.4. The van der Waals surface area contributed by atoms with Gasteiger partial charge in [-0.15, -0.1) is 0 Å². The smallest absolute Gasteiger partial charge is 0.268 e. The monoisotopic (exact) mass is 588 g/mol. The first kappa shape index (κ1) is 39.0. The van der Waals surface area contributed by atoms with Gasteiger partial charge in [-0.05, 0) is 38.5 Å². The molecule has 0 aliphatic carbocycles. The Morgan fingerprint density at radius 3 is 2.00 bits per heavy atom. The summed E-state index contributed by atoms with van der Waals surface area (Å²) in [6, 6.07) is -0.881. The van der Waals surface area contributed by atoms with Crippen molar-refractivity contribution < 1.29 is 32.9 Å². The topological polar surface area (TPSA) is 108 Å². The molecule has 0 spiro atoms. The normalized spacial score (nSPS) is 15.5. The van der Waals surface area contributed by atoms with Crippen molar-refractivity contribution in [1.29, 1.82) is 0 Å². The molecule has 0 radical (unpaired) electrons. The van der Waals surface area contributed by atoms with Crippen LogP contribution in [-0.2, 0) is 18.4 Å². The van der Waals surface area contributed by atoms with E-state index in [1.807, 2.05) is 34.1 Å². The molecule has 0 rings (SSSR count). The van der Waals surface area contributed by atoms with Crippen LogP contribution in [0.2, 0.25) is 0 Å². The zero-order valence-electron chi connectivity index (χ0n) is 26.3. The molecule has 0 fully saturated rings. The Labute approximate surface area is 245 Å². The molecule has 2 N–H and O–H groups in total. The summed E-state index contributed by atoms with van der Waals surface area (Å²) in [5, 5.41) is 13.3. The number of phosphoric ester groups is 1. The lowest BCUT2D eigenvalue weighted by Gasteiger charge is -2.29. The van der Waals surface area contributed by atoms with Crippen LogP contribution >= 0.6 is 7.82 Å². The van der Waals surface area contributed by atoms with Gasteiger partial charge in [0.05, 0.1) is 39.9 Å². The van der Waals surface area contributed by atoms with E-state index in [2.05, 4.69) is 24.4 Å². The summed E-state index contributed by atoms with van der Waals surface area (Å²) < 4.78 is 22.7. The maximum atomic E-state index is 12.5. The maximum absolute atomic E-state index is 12.5. The van der Waals surface area contributed by atoms with E-state index in [4.69, 9.17) is 9.05 Å². The summed E-state index contributed by atoms with van der Waals surface area (Å²) in [5.74, 6) is -0.221. The Hall–Kier alpha value is -1.02. The number of likely N-dealkylation sites (N-methyl/N-ethyl adjacent to an activating group) is 1. The number of amides is 1. The molecule has 0 aliphatic rings. The van der Waals surface area contributed by atoms with Crippen LogP contribution < -0.4 is 10.2 Å². The van der Waals surface area contributed by atoms with E-state index in [0.29, 0.717) is 17.4 Å². The van der Waals surface area contributed by atoms with Gasteiger partial charge in [0.15, 0.2) is 0 Å². The second kappa shape index (κ2) is 24.6. The summed E-state index contributed by atoms with van der Waals surface area (Å²) in [4.78, 5) is 24.7. The summed E-state index contributed by atoms with van der Waals surface area (Å²) in [7, 11) is 1.24. The number of nitrogens with zero attached hydrogens (tertiary/aromatic N) is 1. The molecule has 1 amide bonds. The van der Waals surface area contributed by atoms with Crippen LogP contribution in [0, 0.1) is 0 Å². The molecule has 0 saturated heterocycles. The zero-order valence-corrected chi connectivity index (χ0v) is 27.2. The van der Waals surface area contributed by atoms with Gasteiger partial charge in [-0.1, -0.05) is 95.9 Å². The van der Waals surface area contributed by atoms with Gasteiger partial charge in [0.2, 0.25) is 5.91 Å². The number of phosphoric acid groups is 1. The molecule has 3 atom stereocenters. The van der Waals surface area contributed by atoms with Crippen molar-refractivity contribution in [3.63, 3.8) is 0 Å². The first-order valence-electron chi connectivity index (χ1n) is 15.7. The van der Waals surface area contributed by atoms with Crippen LogP contribution in [-0.4, -0.2) is 68.5 Å². The van der Waals surface area contributed by atoms with Gasteiger partial charge in [-0.25, -0.2) is 0 Å². The molecule has 0 aromatic rings. The Morgan fingerprint density at radius 1 is 0.850 bits per heavy atom. The molecule has 0 aromatic carbocycles. The van der Waals surface area contributed by atoms with E-state index in [1.54, 1.807) is 6.08 Å². The number of carbonyl (C=O) groups is 1. The quantitative estimate of drug-likeness (QED) is 0.0495. The number of allylic oxidation sites excluding steroid dienone is 3. The number of nitrogens with one attached hydrogen (secondary N) is 1. The van der Waals surface area contributed by atoms with Crippen molar-refractivity contribution in [3.8, 4) is 0 Å². The molecule has 0 aliphatic heterocycles. The van der Waals surface area contributed by atoms with Crippen molar-refractivity contribution in [2.24, 2.45) is 0 Å². The van der Waals surface area contributed by atoms with E-state index in [0.717, 1.165) is 44.9 Å². The first-order valence-corrected chi connectivity index (χ1v) is 17.2. The van der Waals surface area contributed by atoms with Crippen LogP contribution in [0.15, 0.2) is 24.3 Å². The second-order valence-corrected chi connectivity index (χ2v) is 13.2. The molecule has 0 aromatic heterocycles. The van der Waals surface area contributed by atoms with Gasteiger partial charge in [0.25, 0.3) is 7.82 Å². The molecule has 3 unspecified atom stereocenters. The third-order valence-electron chi connectivity index (χ3n) is 6.64. The summed E-state index contributed by atoms with van der Waals surface area (Å²) >= 11 is 0. The van der Waals surface area contributed by atoms with E-state index in [-0.39, 0.29) is 19.1 Å². The van der Waals surface area contributed by atoms with Gasteiger partial charge in [-0.2, -0.15) is 0 Å². The van der Waals surface area contributed by atoms with E-state index in [9.17, 15) is 19.4 Å². The number of unbranched alkanes of at least 4 members (excludes halogenated alkanes) is 12. The minimum Gasteiger partial charge on any atom is -0.756 e. The van der Waals surface area contributed by atoms with E-state index in [1.165, 1.54) is 51.4 Å². The number of rotatable bonds is 27. The van der Waals surface area contributed by atoms with Crippen LogP contribution in [0.1, 0.15) is 117 Å². The minimum absolute atomic E-state index is 0.00423. The zero-order chi connectivity index (χ0) is 30.1. The van der Waals surface area contributed by atoms with Crippen LogP contribution in [0.3, 0.4) is 0 Å². The molecule has 9 heteroatoms. The maximum Gasteiger partial charge on any atom is 0.268 e. The van der Waals surface area contributed by atoms with Crippen molar-refractivity contribution in [3.05, 3.63) is 24.3 Å². The molecule has 8 nitrogen and oxygen atoms in total. The molecule has 0 bridgehead atoms. The minimum atomic E-state index is -4.55. The van der Waals surface area contributed by atoms with Gasteiger partial charge in [0.1, 0.15) is 13.2 Å². The Kier molecular flexibility index (Phi) is 23.9. The van der Waals surface area contributed by atoms with Crippen LogP contribution in [0.5, 0.6) is 0 Å². The molecule has 0 heterocycles. The number of hydrogen-bond donors (Lipinski definition) is 2. The average molecular weight is 589 g/mol. The fraction of sp³-hybridized carbons (Fsp3) is 0.839. The standard InChI is InChI=1S/C31H61N2O6P/c1-6-8-10-11-12-13-14-15-16-17-18-19-20-21-23-25-31(35)32-29(30(34)24-22-9-7-2)28-39-40(36,37)38-27-26-33(3,4)5/h15-16,22,24,29-30,34H,6-14,17-21,23,25-28H2,1-5H3,(H-,32,35,36,37)/b16-15-,24-22+. The third-order valence-corrected chi connectivity index (χ3v) is 7.60. The van der Waals surface area contributed by atoms with Crippen molar-refractivity contribution in [2.75, 3.05) is 40.9 Å². The third kappa shape index (κ3) is 25.9. The fourth-order valence-electron chi connectivity index (χ4n) is 4.03. The lowest BCUT2D eigenvalue weighted by molar-refractivity contribution is -0.870. The van der Waals surface area contributed by atoms with E-state index < -0.39 is 20.0 Å². The molecule has 40 heavy (non-hydrogen) atoms. The van der Waals surface area contributed by atoms with Crippen molar-refractivity contribution >= 4 is 13.7 Å². The summed E-state index contributed by atoms with van der Waals surface area (Å²) in [6.45, 7) is 4.37. The molecular weight excluding hydrogens is 527 g/mol. The molecule has 236 valence electrons. The predicted molar refractivity (Wildman–Crippen MR) is 164 cm³/mol. The molecule has 0 saturated carbocycles. The highest BCUT2D eigenvalue weighted by atomic mass is 31.2. The number of carbonyl (C=O) groups excluding carboxylic acids is 1. The first-order chi connectivity index (χ1) is 19.0. The van der Waals surface area contributed by atoms with Crippen LogP contribution in [0.4, 0.5) is 0 Å². The largest absolute Gasteiger partial charge is 0.756 e. The Morgan fingerprint density at radius 2 is 1.43 bits per heavy atom. The lowest BCUT2D eigenvalue weighted by Crippen LogP contribution is -2.45. The average Bonchev–Trinajstić information content (AvgIpc) is 2.88. The highest BCUT2D eigenvalue weighted by Gasteiger charge is 2.23. The van der Waals surface area contributed by atoms with Gasteiger partial charge >= 0.3 is 0 Å². The number of aliphatic hydroxyl groups is 1. The van der Waals surface area contributed by atoms with Gasteiger partial charge in [0, 0.05) is 6.42 Å². The van der Waals surface area contributed by atoms with Crippen molar-refractivity contribution in [2.45, 2.75) is 129 Å². The predicted octanol–water partition coefficient (Wildman–Crippen LogP) is 6.43. The van der Waals surface area contributed by atoms with Crippen LogP contribution in [0.25, 0.3) is 0 Å². The highest BCUT2D eigenvalue weighted by Crippen LogP contribution is 2.38. The number of aliphatic hydroxyl groups excluding tert-OH is 1. The molecular formula is C31H61N2O6P.